The van der Waals surface area contributed by atoms with Crippen LogP contribution in [0.2, 0.25) is 0 Å². The molecule has 124 valence electrons. The average Bonchev–Trinajstić information content (AvgIpc) is 2.85. The van der Waals surface area contributed by atoms with Crippen LogP contribution in [0.1, 0.15) is 6.92 Å². The largest absolute Gasteiger partial charge is 0.494 e. The van der Waals surface area contributed by atoms with Crippen molar-refractivity contribution in [2.45, 2.75) is 6.92 Å². The molecule has 5 N–H and O–H groups in total. The molecule has 0 unspecified atom stereocenters. The van der Waals surface area contributed by atoms with Crippen molar-refractivity contribution < 1.29 is 13.9 Å². The van der Waals surface area contributed by atoms with Crippen LogP contribution in [0.3, 0.4) is 0 Å². The second-order valence-electron chi connectivity index (χ2n) is 4.24. The van der Waals surface area contributed by atoms with Crippen molar-refractivity contribution in [1.82, 2.24) is 4.98 Å². The molecule has 1 aromatic heterocycles. The van der Waals surface area contributed by atoms with E-state index in [4.69, 9.17) is 16.2 Å². The predicted molar refractivity (Wildman–Crippen MR) is 91.1 cm³/mol. The third kappa shape index (κ3) is 4.30. The minimum atomic E-state index is -0.629. The van der Waals surface area contributed by atoms with Gasteiger partial charge < -0.3 is 21.5 Å². The maximum absolute atomic E-state index is 14.5. The number of nitrogens with zero attached hydrogens (tertiary/aromatic N) is 2. The topological polar surface area (TPSA) is 116 Å². The Balaban J connectivity index is 0.00000264. The first-order valence-electron chi connectivity index (χ1n) is 6.12. The Kier molecular flexibility index (Phi) is 6.28. The number of amides is 1. The molecule has 0 aliphatic heterocycles. The average molecular weight is 360 g/mol. The van der Waals surface area contributed by atoms with Crippen molar-refractivity contribution in [2.24, 2.45) is 16.5 Å². The normalized spacial score (nSPS) is 9.70. The third-order valence-corrected chi connectivity index (χ3v) is 3.34. The fourth-order valence-corrected chi connectivity index (χ4v) is 2.50. The van der Waals surface area contributed by atoms with Gasteiger partial charge in [0.2, 0.25) is 11.0 Å². The standard InChI is InChI=1S/C13H14FN5O2S.ClH/c1-6(20)17-7-3-4-9(21-2)11(14)10(7)8-5-22-13(18-8)19-12(15)16;/h3-5H,1-2H3,(H,17,20)(H4,15,16,18,19);1H. The molecule has 0 atom stereocenters. The van der Waals surface area contributed by atoms with Crippen LogP contribution in [0, 0.1) is 5.82 Å². The highest BCUT2D eigenvalue weighted by molar-refractivity contribution is 7.13. The summed E-state index contributed by atoms with van der Waals surface area (Å²) in [7, 11) is 1.35. The molecular formula is C13H15ClFN5O2S. The van der Waals surface area contributed by atoms with Crippen LogP contribution in [-0.2, 0) is 4.79 Å². The molecule has 0 aliphatic carbocycles. The van der Waals surface area contributed by atoms with Crippen molar-refractivity contribution in [3.63, 3.8) is 0 Å². The number of hydrogen-bond acceptors (Lipinski definition) is 5. The van der Waals surface area contributed by atoms with Crippen molar-refractivity contribution in [3.05, 3.63) is 23.3 Å². The molecular weight excluding hydrogens is 345 g/mol. The van der Waals surface area contributed by atoms with Crippen molar-refractivity contribution in [2.75, 3.05) is 12.4 Å². The quantitative estimate of drug-likeness (QED) is 0.572. The Labute approximate surface area is 142 Å². The fraction of sp³-hybridized carbons (Fsp3) is 0.154. The lowest BCUT2D eigenvalue weighted by Crippen LogP contribution is -2.21. The van der Waals surface area contributed by atoms with Crippen LogP contribution in [0.15, 0.2) is 22.5 Å². The highest BCUT2D eigenvalue weighted by Crippen LogP contribution is 2.37. The van der Waals surface area contributed by atoms with Gasteiger partial charge in [-0.25, -0.2) is 9.37 Å². The highest BCUT2D eigenvalue weighted by Gasteiger charge is 2.19. The van der Waals surface area contributed by atoms with E-state index in [2.05, 4.69) is 15.3 Å². The maximum Gasteiger partial charge on any atom is 0.221 e. The number of aliphatic imine (C=N–C) groups is 1. The molecule has 1 amide bonds. The van der Waals surface area contributed by atoms with Crippen LogP contribution in [0.5, 0.6) is 5.75 Å². The Morgan fingerprint density at radius 1 is 1.43 bits per heavy atom. The van der Waals surface area contributed by atoms with E-state index in [-0.39, 0.29) is 46.4 Å². The second-order valence-corrected chi connectivity index (χ2v) is 5.07. The molecule has 0 radical (unpaired) electrons. The number of aromatic nitrogens is 1. The molecule has 0 aliphatic rings. The van der Waals surface area contributed by atoms with Gasteiger partial charge in [-0.05, 0) is 12.1 Å². The van der Waals surface area contributed by atoms with Gasteiger partial charge in [0.05, 0.1) is 24.1 Å². The van der Waals surface area contributed by atoms with E-state index >= 15 is 0 Å². The highest BCUT2D eigenvalue weighted by atomic mass is 35.5. The lowest BCUT2D eigenvalue weighted by Gasteiger charge is -2.12. The minimum Gasteiger partial charge on any atom is -0.494 e. The number of hydrogen-bond donors (Lipinski definition) is 3. The molecule has 2 rings (SSSR count). The minimum absolute atomic E-state index is 0. The van der Waals surface area contributed by atoms with E-state index in [9.17, 15) is 9.18 Å². The van der Waals surface area contributed by atoms with E-state index in [1.54, 1.807) is 5.38 Å². The number of halogens is 2. The Morgan fingerprint density at radius 2 is 2.13 bits per heavy atom. The number of rotatable bonds is 4. The smallest absolute Gasteiger partial charge is 0.221 e. The zero-order valence-electron chi connectivity index (χ0n) is 12.3. The van der Waals surface area contributed by atoms with Gasteiger partial charge in [-0.2, -0.15) is 4.99 Å². The number of methoxy groups -OCH3 is 1. The lowest BCUT2D eigenvalue weighted by molar-refractivity contribution is -0.114. The maximum atomic E-state index is 14.5. The van der Waals surface area contributed by atoms with Gasteiger partial charge in [0.1, 0.15) is 0 Å². The SMILES string of the molecule is COc1ccc(NC(C)=O)c(-c2csc(N=C(N)N)n2)c1F.Cl. The first-order valence-corrected chi connectivity index (χ1v) is 7.00. The summed E-state index contributed by atoms with van der Waals surface area (Å²) in [5, 5.41) is 4.43. The zero-order chi connectivity index (χ0) is 16.3. The molecule has 0 bridgehead atoms. The summed E-state index contributed by atoms with van der Waals surface area (Å²) in [6, 6.07) is 2.96. The van der Waals surface area contributed by atoms with Gasteiger partial charge in [0.15, 0.2) is 17.5 Å². The van der Waals surface area contributed by atoms with Crippen LogP contribution >= 0.6 is 23.7 Å². The lowest BCUT2D eigenvalue weighted by atomic mass is 10.1. The Bertz CT molecular complexity index is 746. The number of carbonyl (C=O) groups excluding carboxylic acids is 1. The molecule has 0 saturated heterocycles. The van der Waals surface area contributed by atoms with E-state index in [0.717, 1.165) is 11.3 Å². The summed E-state index contributed by atoms with van der Waals surface area (Å²) in [4.78, 5) is 19.2. The number of ether oxygens (including phenoxy) is 1. The number of nitrogens with one attached hydrogen (secondary N) is 1. The van der Waals surface area contributed by atoms with Crippen molar-refractivity contribution >= 4 is 46.4 Å². The van der Waals surface area contributed by atoms with Gasteiger partial charge in [-0.1, -0.05) is 0 Å². The van der Waals surface area contributed by atoms with Crippen molar-refractivity contribution in [1.29, 1.82) is 0 Å². The summed E-state index contributed by atoms with van der Waals surface area (Å²) < 4.78 is 19.5. The molecule has 23 heavy (non-hydrogen) atoms. The predicted octanol–water partition coefficient (Wildman–Crippen LogP) is 2.24. The van der Waals surface area contributed by atoms with Crippen LogP contribution in [-0.4, -0.2) is 24.0 Å². The first-order chi connectivity index (χ1) is 10.4. The van der Waals surface area contributed by atoms with Crippen molar-refractivity contribution in [3.8, 4) is 17.0 Å². The zero-order valence-corrected chi connectivity index (χ0v) is 13.9. The molecule has 0 fully saturated rings. The number of carbonyl (C=O) groups is 1. The van der Waals surface area contributed by atoms with Crippen LogP contribution in [0.25, 0.3) is 11.3 Å². The van der Waals surface area contributed by atoms with E-state index in [1.807, 2.05) is 0 Å². The Morgan fingerprint density at radius 3 is 2.70 bits per heavy atom. The molecule has 10 heteroatoms. The molecule has 0 spiro atoms. The number of benzene rings is 1. The molecule has 0 saturated carbocycles. The summed E-state index contributed by atoms with van der Waals surface area (Å²) in [6.07, 6.45) is 0. The van der Waals surface area contributed by atoms with E-state index in [1.165, 1.54) is 26.2 Å². The van der Waals surface area contributed by atoms with Gasteiger partial charge in [0, 0.05) is 12.3 Å². The summed E-state index contributed by atoms with van der Waals surface area (Å²) >= 11 is 1.14. The van der Waals surface area contributed by atoms with Crippen LogP contribution in [0.4, 0.5) is 15.2 Å². The molecule has 2 aromatic rings. The molecule has 7 nitrogen and oxygen atoms in total. The fourth-order valence-electron chi connectivity index (χ4n) is 1.80. The van der Waals surface area contributed by atoms with Gasteiger partial charge in [0.25, 0.3) is 0 Å². The van der Waals surface area contributed by atoms with Gasteiger partial charge in [-0.3, -0.25) is 4.79 Å². The number of thiazole rings is 1. The summed E-state index contributed by atoms with van der Waals surface area (Å²) in [5.41, 5.74) is 11.3. The van der Waals surface area contributed by atoms with Gasteiger partial charge in [-0.15, -0.1) is 23.7 Å². The Hall–Kier alpha value is -2.39. The number of nitrogens with two attached hydrogens (primary N) is 2. The number of anilines is 1. The third-order valence-electron chi connectivity index (χ3n) is 2.61. The molecule has 1 heterocycles. The van der Waals surface area contributed by atoms with E-state index in [0.29, 0.717) is 5.69 Å². The first kappa shape index (κ1) is 18.7. The van der Waals surface area contributed by atoms with Crippen LogP contribution < -0.4 is 21.5 Å². The second kappa shape index (κ2) is 7.75. The van der Waals surface area contributed by atoms with Gasteiger partial charge >= 0.3 is 0 Å². The molecule has 1 aromatic carbocycles. The van der Waals surface area contributed by atoms with E-state index < -0.39 is 5.82 Å². The number of guanidine groups is 1. The summed E-state index contributed by atoms with van der Waals surface area (Å²) in [6.45, 7) is 1.33. The summed E-state index contributed by atoms with van der Waals surface area (Å²) in [5.74, 6) is -1.06. The monoisotopic (exact) mass is 359 g/mol.